The van der Waals surface area contributed by atoms with Crippen LogP contribution in [0.5, 0.6) is 0 Å². The second-order valence-electron chi connectivity index (χ2n) is 5.67. The second-order valence-corrected chi connectivity index (χ2v) is 5.67. The third-order valence-corrected chi connectivity index (χ3v) is 4.01. The van der Waals surface area contributed by atoms with Gasteiger partial charge in [-0.2, -0.15) is 0 Å². The summed E-state index contributed by atoms with van der Waals surface area (Å²) in [7, 11) is 3.61. The Labute approximate surface area is 139 Å². The van der Waals surface area contributed by atoms with E-state index in [0.29, 0.717) is 24.9 Å². The number of hydrogen-bond donors (Lipinski definition) is 2. The fourth-order valence-corrected chi connectivity index (χ4v) is 2.70. The standard InChI is InChI=1S/C15H21FN8/c1-17-15(19-8-13-22-20-10-23(13)2)21-11-5-7-24(9-11)14-12(16)4-3-6-18-14/h3-4,6,10-11H,5,7-9H2,1-2H3,(H2,17,19,21). The molecule has 1 atom stereocenters. The van der Waals surface area contributed by atoms with Crippen molar-refractivity contribution < 1.29 is 4.39 Å². The van der Waals surface area contributed by atoms with Gasteiger partial charge in [-0.15, -0.1) is 10.2 Å². The van der Waals surface area contributed by atoms with Crippen molar-refractivity contribution in [3.63, 3.8) is 0 Å². The van der Waals surface area contributed by atoms with Crippen LogP contribution < -0.4 is 15.5 Å². The van der Waals surface area contributed by atoms with E-state index < -0.39 is 0 Å². The molecule has 24 heavy (non-hydrogen) atoms. The average molecular weight is 332 g/mol. The summed E-state index contributed by atoms with van der Waals surface area (Å²) in [5.41, 5.74) is 0. The van der Waals surface area contributed by atoms with E-state index in [2.05, 4.69) is 30.8 Å². The summed E-state index contributed by atoms with van der Waals surface area (Å²) >= 11 is 0. The lowest BCUT2D eigenvalue weighted by Gasteiger charge is -2.19. The zero-order chi connectivity index (χ0) is 16.9. The minimum atomic E-state index is -0.289. The van der Waals surface area contributed by atoms with Gasteiger partial charge in [0.1, 0.15) is 6.33 Å². The molecule has 0 amide bonds. The first kappa shape index (κ1) is 16.2. The number of guanidine groups is 1. The quantitative estimate of drug-likeness (QED) is 0.619. The van der Waals surface area contributed by atoms with E-state index in [9.17, 15) is 4.39 Å². The van der Waals surface area contributed by atoms with Gasteiger partial charge in [-0.25, -0.2) is 9.37 Å². The fraction of sp³-hybridized carbons (Fsp3) is 0.467. The smallest absolute Gasteiger partial charge is 0.191 e. The van der Waals surface area contributed by atoms with Gasteiger partial charge in [0.2, 0.25) is 0 Å². The van der Waals surface area contributed by atoms with Crippen LogP contribution in [0.1, 0.15) is 12.2 Å². The average Bonchev–Trinajstić information content (AvgIpc) is 3.21. The number of anilines is 1. The number of pyridine rings is 1. The van der Waals surface area contributed by atoms with Crippen LogP contribution in [0.2, 0.25) is 0 Å². The molecule has 1 saturated heterocycles. The molecule has 0 bridgehead atoms. The molecular weight excluding hydrogens is 311 g/mol. The summed E-state index contributed by atoms with van der Waals surface area (Å²) in [6.07, 6.45) is 4.16. The summed E-state index contributed by atoms with van der Waals surface area (Å²) in [5.74, 6) is 1.62. The van der Waals surface area contributed by atoms with Gasteiger partial charge in [0, 0.05) is 39.4 Å². The van der Waals surface area contributed by atoms with Crippen molar-refractivity contribution in [1.82, 2.24) is 30.4 Å². The van der Waals surface area contributed by atoms with Crippen LogP contribution in [0, 0.1) is 5.82 Å². The van der Waals surface area contributed by atoms with Gasteiger partial charge in [-0.05, 0) is 18.6 Å². The highest BCUT2D eigenvalue weighted by Gasteiger charge is 2.25. The number of hydrogen-bond acceptors (Lipinski definition) is 5. The van der Waals surface area contributed by atoms with E-state index in [0.717, 1.165) is 18.8 Å². The van der Waals surface area contributed by atoms with Crippen molar-refractivity contribution in [1.29, 1.82) is 0 Å². The molecule has 1 aliphatic heterocycles. The van der Waals surface area contributed by atoms with Crippen LogP contribution in [0.4, 0.5) is 10.2 Å². The predicted octanol–water partition coefficient (Wildman–Crippen LogP) is 0.293. The third-order valence-electron chi connectivity index (χ3n) is 4.01. The number of nitrogens with zero attached hydrogens (tertiary/aromatic N) is 6. The van der Waals surface area contributed by atoms with E-state index in [1.54, 1.807) is 25.6 Å². The molecule has 0 aliphatic carbocycles. The number of aromatic nitrogens is 4. The molecule has 0 spiro atoms. The van der Waals surface area contributed by atoms with Crippen molar-refractivity contribution >= 4 is 11.8 Å². The summed E-state index contributed by atoms with van der Waals surface area (Å²) in [6, 6.07) is 3.21. The Morgan fingerprint density at radius 2 is 2.38 bits per heavy atom. The van der Waals surface area contributed by atoms with Crippen molar-refractivity contribution in [2.45, 2.75) is 19.0 Å². The molecule has 1 aliphatic rings. The minimum Gasteiger partial charge on any atom is -0.352 e. The zero-order valence-corrected chi connectivity index (χ0v) is 13.8. The summed E-state index contributed by atoms with van der Waals surface area (Å²) in [4.78, 5) is 10.3. The highest BCUT2D eigenvalue weighted by molar-refractivity contribution is 5.80. The Balaban J connectivity index is 1.54. The van der Waals surface area contributed by atoms with Crippen LogP contribution in [-0.2, 0) is 13.6 Å². The fourth-order valence-electron chi connectivity index (χ4n) is 2.70. The Morgan fingerprint density at radius 3 is 3.08 bits per heavy atom. The molecule has 8 nitrogen and oxygen atoms in total. The second kappa shape index (κ2) is 7.24. The van der Waals surface area contributed by atoms with Crippen LogP contribution in [-0.4, -0.2) is 51.9 Å². The molecule has 128 valence electrons. The SMILES string of the molecule is CN=C(NCc1nncn1C)NC1CCN(c2ncccc2F)C1. The van der Waals surface area contributed by atoms with Crippen LogP contribution in [0.3, 0.4) is 0 Å². The molecule has 3 heterocycles. The molecular formula is C15H21FN8. The van der Waals surface area contributed by atoms with Gasteiger partial charge in [-0.1, -0.05) is 0 Å². The Hall–Kier alpha value is -2.71. The highest BCUT2D eigenvalue weighted by Crippen LogP contribution is 2.20. The van der Waals surface area contributed by atoms with Crippen molar-refractivity contribution in [2.24, 2.45) is 12.0 Å². The molecule has 1 fully saturated rings. The largest absolute Gasteiger partial charge is 0.352 e. The molecule has 0 aromatic carbocycles. The molecule has 2 N–H and O–H groups in total. The summed E-state index contributed by atoms with van der Waals surface area (Å²) in [6.45, 7) is 1.96. The first-order valence-corrected chi connectivity index (χ1v) is 7.83. The number of aliphatic imine (C=N–C) groups is 1. The lowest BCUT2D eigenvalue weighted by molar-refractivity contribution is 0.612. The van der Waals surface area contributed by atoms with E-state index in [4.69, 9.17) is 0 Å². The lowest BCUT2D eigenvalue weighted by Crippen LogP contribution is -2.44. The maximum Gasteiger partial charge on any atom is 0.191 e. The lowest BCUT2D eigenvalue weighted by atomic mass is 10.3. The van der Waals surface area contributed by atoms with Crippen molar-refractivity contribution in [3.8, 4) is 0 Å². The highest BCUT2D eigenvalue weighted by atomic mass is 19.1. The molecule has 3 rings (SSSR count). The van der Waals surface area contributed by atoms with Gasteiger partial charge in [-0.3, -0.25) is 4.99 Å². The molecule has 2 aromatic heterocycles. The van der Waals surface area contributed by atoms with Gasteiger partial charge in [0.05, 0.1) is 6.54 Å². The van der Waals surface area contributed by atoms with Crippen LogP contribution in [0.15, 0.2) is 29.6 Å². The molecule has 2 aromatic rings. The van der Waals surface area contributed by atoms with Gasteiger partial charge in [0.15, 0.2) is 23.4 Å². The van der Waals surface area contributed by atoms with Gasteiger partial charge in [0.25, 0.3) is 0 Å². The van der Waals surface area contributed by atoms with E-state index in [1.807, 2.05) is 16.5 Å². The molecule has 9 heteroatoms. The number of aryl methyl sites for hydroxylation is 1. The van der Waals surface area contributed by atoms with Gasteiger partial charge < -0.3 is 20.1 Å². The number of rotatable bonds is 4. The predicted molar refractivity (Wildman–Crippen MR) is 89.2 cm³/mol. The van der Waals surface area contributed by atoms with E-state index in [1.165, 1.54) is 6.07 Å². The Bertz CT molecular complexity index is 713. The van der Waals surface area contributed by atoms with Crippen LogP contribution in [0.25, 0.3) is 0 Å². The zero-order valence-electron chi connectivity index (χ0n) is 13.8. The van der Waals surface area contributed by atoms with Crippen LogP contribution >= 0.6 is 0 Å². The maximum atomic E-state index is 13.8. The molecule has 0 radical (unpaired) electrons. The summed E-state index contributed by atoms with van der Waals surface area (Å²) < 4.78 is 15.7. The topological polar surface area (TPSA) is 83.3 Å². The van der Waals surface area contributed by atoms with E-state index in [-0.39, 0.29) is 11.9 Å². The normalized spacial score (nSPS) is 18.0. The van der Waals surface area contributed by atoms with Gasteiger partial charge >= 0.3 is 0 Å². The Morgan fingerprint density at radius 1 is 1.50 bits per heavy atom. The van der Waals surface area contributed by atoms with E-state index >= 15 is 0 Å². The first-order chi connectivity index (χ1) is 11.7. The summed E-state index contributed by atoms with van der Waals surface area (Å²) in [5, 5.41) is 14.4. The molecule has 0 saturated carbocycles. The monoisotopic (exact) mass is 332 g/mol. The first-order valence-electron chi connectivity index (χ1n) is 7.83. The molecule has 1 unspecified atom stereocenters. The minimum absolute atomic E-state index is 0.178. The number of halogens is 1. The third kappa shape index (κ3) is 3.61. The maximum absolute atomic E-state index is 13.8. The number of nitrogens with one attached hydrogen (secondary N) is 2. The Kier molecular flexibility index (Phi) is 4.88. The van der Waals surface area contributed by atoms with Crippen molar-refractivity contribution in [2.75, 3.05) is 25.0 Å². The van der Waals surface area contributed by atoms with Crippen molar-refractivity contribution in [3.05, 3.63) is 36.3 Å².